The largest absolute Gasteiger partial charge is 0.443 e. The molecule has 0 unspecified atom stereocenters. The Labute approximate surface area is 176 Å². The number of hydrogen-bond donors (Lipinski definition) is 0. The second-order valence-electron chi connectivity index (χ2n) is 8.95. The summed E-state index contributed by atoms with van der Waals surface area (Å²) >= 11 is 0. The minimum atomic E-state index is -0.874. The van der Waals surface area contributed by atoms with Gasteiger partial charge < -0.3 is 9.47 Å². The molecule has 0 fully saturated rings. The van der Waals surface area contributed by atoms with Crippen molar-refractivity contribution in [2.24, 2.45) is 0 Å². The number of nitrogens with zero attached hydrogens (tertiary/aromatic N) is 2. The summed E-state index contributed by atoms with van der Waals surface area (Å²) in [6, 6.07) is 13.0. The monoisotopic (exact) mass is 410 g/mol. The lowest BCUT2D eigenvalue weighted by molar-refractivity contribution is 0.0579. The van der Waals surface area contributed by atoms with E-state index in [0.717, 1.165) is 9.80 Å². The van der Waals surface area contributed by atoms with Gasteiger partial charge in [-0.1, -0.05) is 36.4 Å². The molecule has 4 amide bonds. The Balaban J connectivity index is 2.22. The quantitative estimate of drug-likeness (QED) is 0.535. The minimum absolute atomic E-state index is 0.329. The number of hydrogen-bond acceptors (Lipinski definition) is 5. The lowest BCUT2D eigenvalue weighted by atomic mass is 10.0. The Morgan fingerprint density at radius 2 is 1.00 bits per heavy atom. The smallest absolute Gasteiger partial charge is 0.423 e. The molecule has 0 aliphatic carbocycles. The summed E-state index contributed by atoms with van der Waals surface area (Å²) in [4.78, 5) is 41.4. The normalized spacial score (nSPS) is 13.9. The van der Waals surface area contributed by atoms with Crippen LogP contribution in [0.5, 0.6) is 0 Å². The molecule has 0 saturated carbocycles. The van der Waals surface area contributed by atoms with Crippen LogP contribution in [0.1, 0.15) is 41.5 Å². The molecule has 0 saturated heterocycles. The van der Waals surface area contributed by atoms with E-state index in [1.807, 2.05) is 0 Å². The van der Waals surface area contributed by atoms with Crippen molar-refractivity contribution in [3.05, 3.63) is 48.5 Å². The second-order valence-corrected chi connectivity index (χ2v) is 8.95. The molecule has 7 nitrogen and oxygen atoms in total. The standard InChI is InChI=1S/C23H26N2O5/c1-22(2,3)29-20(27)24-17-13-9-7-11-15(17)16-12-8-10-14-18(16)25(19(24)26)21(28)30-23(4,5)6/h7-14H,1-6H3. The highest BCUT2D eigenvalue weighted by atomic mass is 16.6. The maximum atomic E-state index is 13.6. The van der Waals surface area contributed by atoms with Crippen LogP contribution in [-0.4, -0.2) is 29.4 Å². The molecule has 0 radical (unpaired) electrons. The van der Waals surface area contributed by atoms with Crippen molar-refractivity contribution >= 4 is 29.6 Å². The predicted octanol–water partition coefficient (Wildman–Crippen LogP) is 5.97. The summed E-state index contributed by atoms with van der Waals surface area (Å²) in [6.07, 6.45) is -1.75. The van der Waals surface area contributed by atoms with E-state index in [9.17, 15) is 14.4 Å². The van der Waals surface area contributed by atoms with E-state index >= 15 is 0 Å². The molecule has 30 heavy (non-hydrogen) atoms. The number of imide groups is 2. The van der Waals surface area contributed by atoms with E-state index in [2.05, 4.69) is 0 Å². The van der Waals surface area contributed by atoms with E-state index in [-0.39, 0.29) is 0 Å². The Hall–Kier alpha value is -3.35. The number of para-hydroxylation sites is 2. The molecule has 2 aromatic rings. The highest BCUT2D eigenvalue weighted by molar-refractivity contribution is 6.28. The molecule has 7 heteroatoms. The second kappa shape index (κ2) is 7.48. The summed E-state index contributed by atoms with van der Waals surface area (Å²) in [5.41, 5.74) is 0.243. The zero-order chi connectivity index (χ0) is 22.3. The van der Waals surface area contributed by atoms with Crippen molar-refractivity contribution in [3.8, 4) is 11.1 Å². The van der Waals surface area contributed by atoms with Gasteiger partial charge in [0.1, 0.15) is 11.2 Å². The fourth-order valence-corrected chi connectivity index (χ4v) is 3.07. The molecule has 1 aliphatic heterocycles. The molecule has 0 spiro atoms. The van der Waals surface area contributed by atoms with Gasteiger partial charge in [-0.3, -0.25) is 0 Å². The van der Waals surface area contributed by atoms with Gasteiger partial charge in [-0.2, -0.15) is 9.80 Å². The maximum Gasteiger partial charge on any atom is 0.423 e. The molecule has 1 aliphatic rings. The number of carbonyl (C=O) groups is 3. The van der Waals surface area contributed by atoms with Crippen molar-refractivity contribution in [3.63, 3.8) is 0 Å². The third-order valence-electron chi connectivity index (χ3n) is 4.11. The first-order chi connectivity index (χ1) is 13.9. The summed E-state index contributed by atoms with van der Waals surface area (Å²) in [7, 11) is 0. The number of benzene rings is 2. The Morgan fingerprint density at radius 1 is 0.667 bits per heavy atom. The summed E-state index contributed by atoms with van der Waals surface area (Å²) < 4.78 is 11.0. The van der Waals surface area contributed by atoms with Crippen LogP contribution >= 0.6 is 0 Å². The van der Waals surface area contributed by atoms with Gasteiger partial charge in [0.15, 0.2) is 0 Å². The van der Waals surface area contributed by atoms with Gasteiger partial charge >= 0.3 is 18.2 Å². The molecule has 2 aromatic carbocycles. The number of ether oxygens (including phenoxy) is 2. The van der Waals surface area contributed by atoms with Gasteiger partial charge in [0, 0.05) is 11.1 Å². The molecule has 3 rings (SSSR count). The Bertz CT molecular complexity index is 922. The number of fused-ring (bicyclic) bond motifs is 3. The SMILES string of the molecule is CC(C)(C)OC(=O)N1C(=O)N(C(=O)OC(C)(C)C)c2ccccc2-c2ccccc21. The number of urea groups is 1. The average Bonchev–Trinajstić information content (AvgIpc) is 2.70. The number of amides is 4. The van der Waals surface area contributed by atoms with Gasteiger partial charge in [0.05, 0.1) is 11.4 Å². The lowest BCUT2D eigenvalue weighted by Gasteiger charge is -2.30. The van der Waals surface area contributed by atoms with Gasteiger partial charge in [0.2, 0.25) is 0 Å². The molecule has 158 valence electrons. The number of rotatable bonds is 0. The van der Waals surface area contributed by atoms with Crippen molar-refractivity contribution in [1.29, 1.82) is 0 Å². The Morgan fingerprint density at radius 3 is 1.33 bits per heavy atom. The predicted molar refractivity (Wildman–Crippen MR) is 115 cm³/mol. The molecule has 0 bridgehead atoms. The van der Waals surface area contributed by atoms with Gasteiger partial charge in [0.25, 0.3) is 0 Å². The molecule has 0 atom stereocenters. The summed E-state index contributed by atoms with van der Waals surface area (Å²) in [5, 5.41) is 0. The van der Waals surface area contributed by atoms with Crippen LogP contribution in [0.4, 0.5) is 25.8 Å². The van der Waals surface area contributed by atoms with Crippen molar-refractivity contribution in [2.45, 2.75) is 52.7 Å². The van der Waals surface area contributed by atoms with Crippen LogP contribution in [0.15, 0.2) is 48.5 Å². The van der Waals surface area contributed by atoms with Crippen LogP contribution in [0.25, 0.3) is 11.1 Å². The van der Waals surface area contributed by atoms with E-state index in [0.29, 0.717) is 22.5 Å². The van der Waals surface area contributed by atoms with Crippen LogP contribution < -0.4 is 9.80 Å². The van der Waals surface area contributed by atoms with Gasteiger partial charge in [-0.15, -0.1) is 0 Å². The minimum Gasteiger partial charge on any atom is -0.443 e. The third-order valence-corrected chi connectivity index (χ3v) is 4.11. The first-order valence-corrected chi connectivity index (χ1v) is 9.68. The van der Waals surface area contributed by atoms with Gasteiger partial charge in [-0.25, -0.2) is 14.4 Å². The van der Waals surface area contributed by atoms with E-state index in [1.54, 1.807) is 90.1 Å². The fraction of sp³-hybridized carbons (Fsp3) is 0.348. The van der Waals surface area contributed by atoms with Crippen LogP contribution in [-0.2, 0) is 9.47 Å². The van der Waals surface area contributed by atoms with Gasteiger partial charge in [-0.05, 0) is 53.7 Å². The van der Waals surface area contributed by atoms with Crippen molar-refractivity contribution in [1.82, 2.24) is 0 Å². The Kier molecular flexibility index (Phi) is 5.33. The first kappa shape index (κ1) is 21.4. The summed E-state index contributed by atoms with van der Waals surface area (Å²) in [5.74, 6) is 0. The highest BCUT2D eigenvalue weighted by Crippen LogP contribution is 2.42. The summed E-state index contributed by atoms with van der Waals surface area (Å²) in [6.45, 7) is 10.2. The highest BCUT2D eigenvalue weighted by Gasteiger charge is 2.42. The topological polar surface area (TPSA) is 76.2 Å². The molecule has 1 heterocycles. The zero-order valence-electron chi connectivity index (χ0n) is 18.1. The molecule has 0 N–H and O–H groups in total. The van der Waals surface area contributed by atoms with Crippen LogP contribution in [0, 0.1) is 0 Å². The third kappa shape index (κ3) is 4.30. The molecule has 0 aromatic heterocycles. The zero-order valence-corrected chi connectivity index (χ0v) is 18.1. The van der Waals surface area contributed by atoms with E-state index < -0.39 is 29.4 Å². The lowest BCUT2D eigenvalue weighted by Crippen LogP contribution is -2.51. The maximum absolute atomic E-state index is 13.6. The first-order valence-electron chi connectivity index (χ1n) is 9.68. The van der Waals surface area contributed by atoms with Crippen LogP contribution in [0.2, 0.25) is 0 Å². The number of anilines is 2. The van der Waals surface area contributed by atoms with Crippen LogP contribution in [0.3, 0.4) is 0 Å². The molecular weight excluding hydrogens is 384 g/mol. The average molecular weight is 410 g/mol. The fourth-order valence-electron chi connectivity index (χ4n) is 3.07. The van der Waals surface area contributed by atoms with E-state index in [4.69, 9.17) is 9.47 Å². The molecular formula is C23H26N2O5. The van der Waals surface area contributed by atoms with E-state index in [1.165, 1.54) is 0 Å². The van der Waals surface area contributed by atoms with Crippen molar-refractivity contribution in [2.75, 3.05) is 9.80 Å². The van der Waals surface area contributed by atoms with Crippen molar-refractivity contribution < 1.29 is 23.9 Å². The number of carbonyl (C=O) groups excluding carboxylic acids is 3.